The summed E-state index contributed by atoms with van der Waals surface area (Å²) in [5.74, 6) is 0.333. The zero-order valence-corrected chi connectivity index (χ0v) is 16.4. The highest BCUT2D eigenvalue weighted by molar-refractivity contribution is 5.99. The number of nitrogens with zero attached hydrogens (tertiary/aromatic N) is 1. The molecule has 0 spiro atoms. The Morgan fingerprint density at radius 2 is 1.72 bits per heavy atom. The van der Waals surface area contributed by atoms with Crippen molar-refractivity contribution >= 4 is 17.9 Å². The smallest absolute Gasteiger partial charge is 0.231 e. The average molecular weight is 381 g/mol. The van der Waals surface area contributed by atoms with E-state index in [0.29, 0.717) is 5.56 Å². The van der Waals surface area contributed by atoms with Crippen LogP contribution in [0.3, 0.4) is 0 Å². The predicted molar refractivity (Wildman–Crippen MR) is 114 cm³/mol. The summed E-state index contributed by atoms with van der Waals surface area (Å²) in [6, 6.07) is 24.4. The van der Waals surface area contributed by atoms with Crippen LogP contribution in [-0.2, 0) is 11.2 Å². The topological polar surface area (TPSA) is 37.4 Å². The summed E-state index contributed by atoms with van der Waals surface area (Å²) >= 11 is 0. The highest BCUT2D eigenvalue weighted by Crippen LogP contribution is 2.48. The summed E-state index contributed by atoms with van der Waals surface area (Å²) < 4.78 is 0. The fourth-order valence-corrected chi connectivity index (χ4v) is 5.07. The standard InChI is InChI=1S/C26H23NO2/c1-17-7-11-22(12-8-17)27-15-21-14-20-10-9-18(16-28)13-23(20)24(25(21)26(27)29)19-5-3-2-4-6-19/h2-13,16,21,24-25H,14-15H2,1H3. The van der Waals surface area contributed by atoms with E-state index in [4.69, 9.17) is 0 Å². The minimum absolute atomic E-state index is 0.0206. The van der Waals surface area contributed by atoms with Crippen molar-refractivity contribution in [1.82, 2.24) is 0 Å². The number of aryl methyl sites for hydroxylation is 1. The van der Waals surface area contributed by atoms with E-state index >= 15 is 0 Å². The Kier molecular flexibility index (Phi) is 4.31. The molecule has 0 aromatic heterocycles. The molecule has 3 heteroatoms. The van der Waals surface area contributed by atoms with Crippen molar-refractivity contribution < 1.29 is 9.59 Å². The number of hydrogen-bond donors (Lipinski definition) is 0. The van der Waals surface area contributed by atoms with Gasteiger partial charge < -0.3 is 4.90 Å². The molecule has 0 radical (unpaired) electrons. The van der Waals surface area contributed by atoms with Crippen LogP contribution in [0, 0.1) is 18.8 Å². The molecule has 1 amide bonds. The van der Waals surface area contributed by atoms with E-state index in [1.165, 1.54) is 11.1 Å². The summed E-state index contributed by atoms with van der Waals surface area (Å²) in [6.07, 6.45) is 1.76. The third kappa shape index (κ3) is 2.98. The maximum atomic E-state index is 13.6. The molecule has 3 atom stereocenters. The van der Waals surface area contributed by atoms with Gasteiger partial charge in [-0.05, 0) is 54.2 Å². The number of carbonyl (C=O) groups is 2. The molecule has 5 rings (SSSR count). The first-order valence-corrected chi connectivity index (χ1v) is 10.2. The molecule has 2 aliphatic rings. The maximum absolute atomic E-state index is 13.6. The molecule has 3 aromatic carbocycles. The number of hydrogen-bond acceptors (Lipinski definition) is 2. The largest absolute Gasteiger partial charge is 0.312 e. The van der Waals surface area contributed by atoms with Gasteiger partial charge in [0.25, 0.3) is 0 Å². The molecule has 0 bridgehead atoms. The molecule has 3 nitrogen and oxygen atoms in total. The summed E-state index contributed by atoms with van der Waals surface area (Å²) in [4.78, 5) is 27.0. The van der Waals surface area contributed by atoms with Crippen LogP contribution in [0.15, 0.2) is 72.8 Å². The van der Waals surface area contributed by atoms with Crippen molar-refractivity contribution in [1.29, 1.82) is 0 Å². The molecule has 1 heterocycles. The average Bonchev–Trinajstić information content (AvgIpc) is 3.09. The van der Waals surface area contributed by atoms with Gasteiger partial charge in [-0.2, -0.15) is 0 Å². The highest BCUT2D eigenvalue weighted by atomic mass is 16.2. The second-order valence-electron chi connectivity index (χ2n) is 8.24. The van der Waals surface area contributed by atoms with Crippen molar-refractivity contribution in [2.24, 2.45) is 11.8 Å². The van der Waals surface area contributed by atoms with Crippen LogP contribution in [0.1, 0.15) is 38.5 Å². The van der Waals surface area contributed by atoms with Gasteiger partial charge in [0.2, 0.25) is 5.91 Å². The zero-order chi connectivity index (χ0) is 20.0. The van der Waals surface area contributed by atoms with Gasteiger partial charge in [-0.25, -0.2) is 0 Å². The van der Waals surface area contributed by atoms with Crippen molar-refractivity contribution in [3.8, 4) is 0 Å². The first-order valence-electron chi connectivity index (χ1n) is 10.2. The van der Waals surface area contributed by atoms with Gasteiger partial charge in [0.05, 0.1) is 5.92 Å². The van der Waals surface area contributed by atoms with Crippen LogP contribution in [0.25, 0.3) is 0 Å². The number of carbonyl (C=O) groups excluding carboxylic acids is 2. The molecule has 144 valence electrons. The zero-order valence-electron chi connectivity index (χ0n) is 16.4. The Morgan fingerprint density at radius 3 is 2.45 bits per heavy atom. The summed E-state index contributed by atoms with van der Waals surface area (Å²) in [6.45, 7) is 2.80. The Balaban J connectivity index is 1.61. The van der Waals surface area contributed by atoms with Crippen LogP contribution in [-0.4, -0.2) is 18.7 Å². The van der Waals surface area contributed by atoms with Crippen LogP contribution in [0.4, 0.5) is 5.69 Å². The van der Waals surface area contributed by atoms with Crippen LogP contribution in [0.5, 0.6) is 0 Å². The summed E-state index contributed by atoms with van der Waals surface area (Å²) in [7, 11) is 0. The fraction of sp³-hybridized carbons (Fsp3) is 0.231. The number of benzene rings is 3. The van der Waals surface area contributed by atoms with Crippen molar-refractivity contribution in [2.45, 2.75) is 19.3 Å². The van der Waals surface area contributed by atoms with Gasteiger partial charge in [0.15, 0.2) is 0 Å². The molecular formula is C26H23NO2. The van der Waals surface area contributed by atoms with E-state index in [1.54, 1.807) is 0 Å². The van der Waals surface area contributed by atoms with Crippen LogP contribution >= 0.6 is 0 Å². The normalized spacial score (nSPS) is 22.9. The number of anilines is 1. The van der Waals surface area contributed by atoms with E-state index in [0.717, 1.165) is 36.1 Å². The van der Waals surface area contributed by atoms with Gasteiger partial charge in [-0.1, -0.05) is 60.2 Å². The van der Waals surface area contributed by atoms with Crippen molar-refractivity contribution in [3.05, 3.63) is 101 Å². The Bertz CT molecular complexity index is 1070. The van der Waals surface area contributed by atoms with Crippen molar-refractivity contribution in [2.75, 3.05) is 11.4 Å². The van der Waals surface area contributed by atoms with Gasteiger partial charge in [-0.3, -0.25) is 9.59 Å². The molecule has 0 saturated carbocycles. The molecule has 1 aliphatic carbocycles. The van der Waals surface area contributed by atoms with Crippen LogP contribution in [0.2, 0.25) is 0 Å². The second kappa shape index (κ2) is 7.00. The van der Waals surface area contributed by atoms with E-state index in [1.807, 2.05) is 47.4 Å². The van der Waals surface area contributed by atoms with Gasteiger partial charge in [-0.15, -0.1) is 0 Å². The van der Waals surface area contributed by atoms with Gasteiger partial charge >= 0.3 is 0 Å². The Labute approximate surface area is 171 Å². The predicted octanol–water partition coefficient (Wildman–Crippen LogP) is 4.77. The number of amides is 1. The molecule has 1 fully saturated rings. The maximum Gasteiger partial charge on any atom is 0.231 e. The van der Waals surface area contributed by atoms with Crippen molar-refractivity contribution in [3.63, 3.8) is 0 Å². The minimum atomic E-state index is -0.104. The lowest BCUT2D eigenvalue weighted by atomic mass is 9.67. The molecule has 1 saturated heterocycles. The molecular weight excluding hydrogens is 358 g/mol. The first-order chi connectivity index (χ1) is 14.2. The van der Waals surface area contributed by atoms with Gasteiger partial charge in [0, 0.05) is 23.7 Å². The molecule has 29 heavy (non-hydrogen) atoms. The lowest BCUT2D eigenvalue weighted by molar-refractivity contribution is -0.121. The van der Waals surface area contributed by atoms with Crippen LogP contribution < -0.4 is 4.90 Å². The fourth-order valence-electron chi connectivity index (χ4n) is 5.07. The third-order valence-corrected chi connectivity index (χ3v) is 6.46. The SMILES string of the molecule is Cc1ccc(N2CC3Cc4ccc(C=O)cc4C(c4ccccc4)C3C2=O)cc1. The Hall–Kier alpha value is -3.20. The Morgan fingerprint density at radius 1 is 0.966 bits per heavy atom. The lowest BCUT2D eigenvalue weighted by Gasteiger charge is -2.34. The van der Waals surface area contributed by atoms with E-state index in [-0.39, 0.29) is 23.7 Å². The second-order valence-corrected chi connectivity index (χ2v) is 8.24. The molecule has 3 aromatic rings. The number of aldehydes is 1. The molecule has 1 aliphatic heterocycles. The quantitative estimate of drug-likeness (QED) is 0.613. The highest BCUT2D eigenvalue weighted by Gasteiger charge is 2.49. The monoisotopic (exact) mass is 381 g/mol. The number of rotatable bonds is 3. The van der Waals surface area contributed by atoms with E-state index in [2.05, 4.69) is 37.3 Å². The van der Waals surface area contributed by atoms with E-state index in [9.17, 15) is 9.59 Å². The summed E-state index contributed by atoms with van der Waals surface area (Å²) in [5, 5.41) is 0. The summed E-state index contributed by atoms with van der Waals surface area (Å²) in [5.41, 5.74) is 6.35. The van der Waals surface area contributed by atoms with Gasteiger partial charge in [0.1, 0.15) is 6.29 Å². The molecule has 0 N–H and O–H groups in total. The third-order valence-electron chi connectivity index (χ3n) is 6.46. The number of fused-ring (bicyclic) bond motifs is 2. The van der Waals surface area contributed by atoms with E-state index < -0.39 is 0 Å². The lowest BCUT2D eigenvalue weighted by Crippen LogP contribution is -2.33. The minimum Gasteiger partial charge on any atom is -0.312 e. The molecule has 3 unspecified atom stereocenters. The first kappa shape index (κ1) is 17.9.